The zero-order valence-electron chi connectivity index (χ0n) is 21.0. The van der Waals surface area contributed by atoms with Crippen molar-refractivity contribution in [3.63, 3.8) is 0 Å². The fourth-order valence-corrected chi connectivity index (χ4v) is 4.43. The van der Waals surface area contributed by atoms with E-state index < -0.39 is 0 Å². The summed E-state index contributed by atoms with van der Waals surface area (Å²) < 4.78 is 11.8. The van der Waals surface area contributed by atoms with Gasteiger partial charge in [0.2, 0.25) is 11.8 Å². The molecule has 0 aliphatic carbocycles. The predicted octanol–water partition coefficient (Wildman–Crippen LogP) is 9.04. The van der Waals surface area contributed by atoms with Gasteiger partial charge >= 0.3 is 0 Å². The summed E-state index contributed by atoms with van der Waals surface area (Å²) in [7, 11) is 0. The lowest BCUT2D eigenvalue weighted by molar-refractivity contribution is -0.111. The molecule has 0 aliphatic heterocycles. The van der Waals surface area contributed by atoms with E-state index in [0.717, 1.165) is 27.8 Å². The van der Waals surface area contributed by atoms with Gasteiger partial charge in [-0.05, 0) is 78.2 Å². The Balaban J connectivity index is 1.13. The Bertz CT molecular complexity index is 1820. The molecule has 2 heterocycles. The van der Waals surface area contributed by atoms with Gasteiger partial charge < -0.3 is 14.2 Å². The molecule has 0 unspecified atom stereocenters. The van der Waals surface area contributed by atoms with Gasteiger partial charge in [0.05, 0.1) is 0 Å². The van der Waals surface area contributed by atoms with Crippen LogP contribution < -0.4 is 5.32 Å². The minimum absolute atomic E-state index is 0.286. The lowest BCUT2D eigenvalue weighted by Crippen LogP contribution is -2.07. The molecule has 0 bridgehead atoms. The van der Waals surface area contributed by atoms with Crippen LogP contribution in [0.1, 0.15) is 11.3 Å². The highest BCUT2D eigenvalue weighted by atomic mass is 35.5. The van der Waals surface area contributed by atoms with Crippen molar-refractivity contribution in [2.45, 2.75) is 6.92 Å². The van der Waals surface area contributed by atoms with Crippen molar-refractivity contribution in [3.8, 4) is 33.9 Å². The standard InChI is InChI=1S/C33H23ClN2O3/c1-21-7-8-25(19-28(21)34)30-17-14-27(38-30)15-18-32(37)35-26-13-16-31-29(20-26)36-33(39-31)24-11-9-23(10-12-24)22-5-3-2-4-6-22/h2-20H,1H3,(H,35,37). The van der Waals surface area contributed by atoms with Gasteiger partial charge in [-0.2, -0.15) is 0 Å². The zero-order chi connectivity index (χ0) is 26.8. The van der Waals surface area contributed by atoms with Crippen molar-refractivity contribution in [2.75, 3.05) is 5.32 Å². The van der Waals surface area contributed by atoms with E-state index in [0.29, 0.717) is 39.2 Å². The van der Waals surface area contributed by atoms with Crippen LogP contribution in [0.3, 0.4) is 0 Å². The Morgan fingerprint density at radius 2 is 1.54 bits per heavy atom. The number of oxazole rings is 1. The van der Waals surface area contributed by atoms with Gasteiger partial charge in [0.1, 0.15) is 17.0 Å². The molecule has 5 nitrogen and oxygen atoms in total. The van der Waals surface area contributed by atoms with Crippen molar-refractivity contribution in [1.82, 2.24) is 4.98 Å². The Labute approximate surface area is 230 Å². The fraction of sp³-hybridized carbons (Fsp3) is 0.0303. The summed E-state index contributed by atoms with van der Waals surface area (Å²) in [6.45, 7) is 1.95. The van der Waals surface area contributed by atoms with Crippen LogP contribution in [-0.2, 0) is 4.79 Å². The van der Waals surface area contributed by atoms with E-state index in [1.165, 1.54) is 6.08 Å². The Morgan fingerprint density at radius 1 is 0.795 bits per heavy atom. The molecule has 0 fully saturated rings. The number of benzene rings is 4. The van der Waals surface area contributed by atoms with Gasteiger partial charge in [-0.3, -0.25) is 4.79 Å². The number of anilines is 1. The number of nitrogens with one attached hydrogen (secondary N) is 1. The number of rotatable bonds is 6. The molecular weight excluding hydrogens is 508 g/mol. The minimum Gasteiger partial charge on any atom is -0.457 e. The molecule has 6 aromatic rings. The highest BCUT2D eigenvalue weighted by Crippen LogP contribution is 2.29. The average molecular weight is 531 g/mol. The monoisotopic (exact) mass is 530 g/mol. The van der Waals surface area contributed by atoms with E-state index in [9.17, 15) is 4.79 Å². The van der Waals surface area contributed by atoms with Gasteiger partial charge in [-0.15, -0.1) is 0 Å². The molecule has 190 valence electrons. The molecule has 0 atom stereocenters. The largest absolute Gasteiger partial charge is 0.457 e. The van der Waals surface area contributed by atoms with Crippen LogP contribution in [0.15, 0.2) is 118 Å². The quantitative estimate of drug-likeness (QED) is 0.218. The van der Waals surface area contributed by atoms with Gasteiger partial charge in [-0.1, -0.05) is 66.2 Å². The number of hydrogen-bond donors (Lipinski definition) is 1. The lowest BCUT2D eigenvalue weighted by atomic mass is 10.0. The third kappa shape index (κ3) is 5.40. The maximum absolute atomic E-state index is 12.6. The first-order valence-electron chi connectivity index (χ1n) is 12.4. The molecule has 1 N–H and O–H groups in total. The Morgan fingerprint density at radius 3 is 2.33 bits per heavy atom. The van der Waals surface area contributed by atoms with Crippen LogP contribution in [0.25, 0.3) is 51.1 Å². The first kappa shape index (κ1) is 24.5. The molecule has 2 aromatic heterocycles. The highest BCUT2D eigenvalue weighted by Gasteiger charge is 2.11. The van der Waals surface area contributed by atoms with E-state index in [-0.39, 0.29) is 5.91 Å². The van der Waals surface area contributed by atoms with Crippen LogP contribution in [0.2, 0.25) is 5.02 Å². The highest BCUT2D eigenvalue weighted by molar-refractivity contribution is 6.31. The first-order chi connectivity index (χ1) is 19.0. The number of amides is 1. The SMILES string of the molecule is Cc1ccc(-c2ccc(C=CC(=O)Nc3ccc4oc(-c5ccc(-c6ccccc6)cc5)nc4c3)o2)cc1Cl. The van der Waals surface area contributed by atoms with Gasteiger partial charge in [0, 0.05) is 27.9 Å². The van der Waals surface area contributed by atoms with Crippen molar-refractivity contribution >= 4 is 40.4 Å². The molecule has 0 spiro atoms. The van der Waals surface area contributed by atoms with Gasteiger partial charge in [0.25, 0.3) is 0 Å². The van der Waals surface area contributed by atoms with Gasteiger partial charge in [-0.25, -0.2) is 4.98 Å². The number of carbonyl (C=O) groups excluding carboxylic acids is 1. The van der Waals surface area contributed by atoms with E-state index >= 15 is 0 Å². The molecule has 1 amide bonds. The van der Waals surface area contributed by atoms with E-state index in [4.69, 9.17) is 20.4 Å². The van der Waals surface area contributed by atoms with Crippen LogP contribution >= 0.6 is 11.6 Å². The van der Waals surface area contributed by atoms with Crippen molar-refractivity contribution in [1.29, 1.82) is 0 Å². The van der Waals surface area contributed by atoms with E-state index in [2.05, 4.69) is 34.6 Å². The number of halogens is 1. The molecule has 0 aliphatic rings. The van der Waals surface area contributed by atoms with E-state index in [1.54, 1.807) is 24.3 Å². The molecule has 4 aromatic carbocycles. The number of carbonyl (C=O) groups is 1. The second-order valence-electron chi connectivity index (χ2n) is 9.13. The molecule has 39 heavy (non-hydrogen) atoms. The smallest absolute Gasteiger partial charge is 0.248 e. The summed E-state index contributed by atoms with van der Waals surface area (Å²) in [5.74, 6) is 1.48. The summed E-state index contributed by atoms with van der Waals surface area (Å²) in [6.07, 6.45) is 3.05. The Kier molecular flexibility index (Phi) is 6.57. The first-order valence-corrected chi connectivity index (χ1v) is 12.8. The van der Waals surface area contributed by atoms with Crippen LogP contribution in [0.5, 0.6) is 0 Å². The molecule has 6 heteroatoms. The predicted molar refractivity (Wildman–Crippen MR) is 156 cm³/mol. The zero-order valence-corrected chi connectivity index (χ0v) is 21.8. The maximum atomic E-state index is 12.6. The summed E-state index contributed by atoms with van der Waals surface area (Å²) >= 11 is 6.23. The maximum Gasteiger partial charge on any atom is 0.248 e. The van der Waals surface area contributed by atoms with Crippen molar-refractivity contribution < 1.29 is 13.6 Å². The third-order valence-electron chi connectivity index (χ3n) is 6.38. The minimum atomic E-state index is -0.286. The Hall–Kier alpha value is -4.87. The van der Waals surface area contributed by atoms with Crippen molar-refractivity contribution in [3.05, 3.63) is 126 Å². The number of hydrogen-bond acceptors (Lipinski definition) is 4. The molecule has 0 radical (unpaired) electrons. The number of furan rings is 1. The summed E-state index contributed by atoms with van der Waals surface area (Å²) in [5.41, 5.74) is 6.95. The number of nitrogens with zero attached hydrogens (tertiary/aromatic N) is 1. The molecular formula is C33H23ClN2O3. The lowest BCUT2D eigenvalue weighted by Gasteiger charge is -2.02. The van der Waals surface area contributed by atoms with E-state index in [1.807, 2.05) is 67.6 Å². The summed E-state index contributed by atoms with van der Waals surface area (Å²) in [6, 6.07) is 33.1. The summed E-state index contributed by atoms with van der Waals surface area (Å²) in [5, 5.41) is 3.54. The topological polar surface area (TPSA) is 68.3 Å². The average Bonchev–Trinajstić information content (AvgIpc) is 3.61. The van der Waals surface area contributed by atoms with Crippen LogP contribution in [0, 0.1) is 6.92 Å². The third-order valence-corrected chi connectivity index (χ3v) is 6.78. The summed E-state index contributed by atoms with van der Waals surface area (Å²) in [4.78, 5) is 17.2. The number of aryl methyl sites for hydroxylation is 1. The number of aromatic nitrogens is 1. The van der Waals surface area contributed by atoms with Crippen molar-refractivity contribution in [2.24, 2.45) is 0 Å². The second kappa shape index (κ2) is 10.5. The normalized spacial score (nSPS) is 11.3. The van der Waals surface area contributed by atoms with Crippen LogP contribution in [0.4, 0.5) is 5.69 Å². The molecule has 6 rings (SSSR count). The molecule has 0 saturated carbocycles. The van der Waals surface area contributed by atoms with Gasteiger partial charge in [0.15, 0.2) is 5.58 Å². The molecule has 0 saturated heterocycles. The number of fused-ring (bicyclic) bond motifs is 1. The second-order valence-corrected chi connectivity index (χ2v) is 9.54. The van der Waals surface area contributed by atoms with Crippen LogP contribution in [-0.4, -0.2) is 10.9 Å². The fourth-order valence-electron chi connectivity index (χ4n) is 4.25.